The lowest BCUT2D eigenvalue weighted by Gasteiger charge is -2.38. The lowest BCUT2D eigenvalue weighted by Crippen LogP contribution is -2.46. The second kappa shape index (κ2) is 20.4. The molecule has 0 saturated heterocycles. The number of hydrogen-bond acceptors (Lipinski definition) is 14. The largest absolute Gasteiger partial charge is 0.507 e. The van der Waals surface area contributed by atoms with E-state index < -0.39 is 88.8 Å². The number of ether oxygens (including phenoxy) is 4. The number of hydrogen-bond donors (Lipinski definition) is 6. The average Bonchev–Trinajstić information content (AvgIpc) is 3.47. The number of phenols is 3. The maximum Gasteiger partial charge on any atom is 0.312 e. The number of amides is 1. The Labute approximate surface area is 351 Å². The van der Waals surface area contributed by atoms with Crippen molar-refractivity contribution < 1.29 is 63.7 Å². The van der Waals surface area contributed by atoms with Crippen molar-refractivity contribution in [3.63, 3.8) is 0 Å². The molecule has 60 heavy (non-hydrogen) atoms. The highest BCUT2D eigenvalue weighted by Gasteiger charge is 2.50. The number of aliphatic hydroxyl groups excluding tert-OH is 2. The number of unbranched alkanes of at least 4 members (excludes halogenated alkanes) is 4. The smallest absolute Gasteiger partial charge is 0.312 e. The summed E-state index contributed by atoms with van der Waals surface area (Å²) in [5, 5.41) is 64.2. The second-order valence-electron chi connectivity index (χ2n) is 16.1. The Kier molecular flexibility index (Phi) is 16.2. The van der Waals surface area contributed by atoms with E-state index in [1.807, 2.05) is 0 Å². The number of fused-ring (bicyclic) bond motifs is 14. The summed E-state index contributed by atoms with van der Waals surface area (Å²) in [6.07, 6.45) is 9.45. The van der Waals surface area contributed by atoms with Crippen molar-refractivity contribution in [1.82, 2.24) is 0 Å². The van der Waals surface area contributed by atoms with Crippen molar-refractivity contribution in [2.24, 2.45) is 28.8 Å². The third-order valence-corrected chi connectivity index (χ3v) is 11.6. The fourth-order valence-electron chi connectivity index (χ4n) is 7.79. The maximum absolute atomic E-state index is 14.4. The molecule has 2 aromatic rings. The van der Waals surface area contributed by atoms with Crippen molar-refractivity contribution in [3.8, 4) is 23.0 Å². The van der Waals surface area contributed by atoms with E-state index in [0.29, 0.717) is 0 Å². The van der Waals surface area contributed by atoms with Crippen LogP contribution in [0.2, 0.25) is 0 Å². The highest BCUT2D eigenvalue weighted by Crippen LogP contribution is 2.55. The van der Waals surface area contributed by atoms with Gasteiger partial charge in [0.25, 0.3) is 11.7 Å². The first-order chi connectivity index (χ1) is 28.3. The Hall–Kier alpha value is -5.12. The van der Waals surface area contributed by atoms with Crippen LogP contribution < -0.4 is 10.1 Å². The number of allylic oxidation sites excluding steroid dienone is 2. The quantitative estimate of drug-likeness (QED) is 0.0352. The zero-order valence-corrected chi connectivity index (χ0v) is 36.3. The summed E-state index contributed by atoms with van der Waals surface area (Å²) in [6.45, 7) is 14.8. The van der Waals surface area contributed by atoms with E-state index in [4.69, 9.17) is 23.8 Å². The minimum absolute atomic E-state index is 0.0411. The zero-order chi connectivity index (χ0) is 44.6. The molecule has 0 spiro atoms. The van der Waals surface area contributed by atoms with Gasteiger partial charge in [-0.2, -0.15) is 0 Å². The highest BCUT2D eigenvalue weighted by molar-refractivity contribution is 6.23. The number of benzene rings is 2. The zero-order valence-electron chi connectivity index (χ0n) is 36.3. The van der Waals surface area contributed by atoms with Gasteiger partial charge in [-0.05, 0) is 32.8 Å². The number of Topliss-reactive ketones (excluding diaryl/α,β-unsaturated/α-hetero) is 1. The van der Waals surface area contributed by atoms with Crippen LogP contribution in [0.3, 0.4) is 0 Å². The topological polar surface area (TPSA) is 223 Å². The van der Waals surface area contributed by atoms with Crippen molar-refractivity contribution in [1.29, 1.82) is 0 Å². The van der Waals surface area contributed by atoms with Crippen LogP contribution in [-0.2, 0) is 28.6 Å². The van der Waals surface area contributed by atoms with Gasteiger partial charge in [-0.25, -0.2) is 0 Å². The Morgan fingerprint density at radius 2 is 1.62 bits per heavy atom. The molecule has 3 heterocycles. The molecule has 3 aliphatic heterocycles. The van der Waals surface area contributed by atoms with Gasteiger partial charge >= 0.3 is 11.8 Å². The van der Waals surface area contributed by atoms with Crippen LogP contribution in [0.4, 0.5) is 5.69 Å². The van der Waals surface area contributed by atoms with Crippen molar-refractivity contribution in [2.75, 3.05) is 19.0 Å². The number of aliphatic hydroxyl groups is 2. The number of rotatable bonds is 10. The molecule has 0 radical (unpaired) electrons. The van der Waals surface area contributed by atoms with Crippen LogP contribution in [0.25, 0.3) is 10.8 Å². The maximum atomic E-state index is 14.4. The molecule has 9 atom stereocenters. The summed E-state index contributed by atoms with van der Waals surface area (Å²) < 4.78 is 23.5. The Balaban J connectivity index is 1.92. The molecule has 0 aromatic heterocycles. The van der Waals surface area contributed by atoms with Crippen LogP contribution >= 0.6 is 0 Å². The van der Waals surface area contributed by atoms with Gasteiger partial charge in [-0.1, -0.05) is 77.3 Å². The van der Waals surface area contributed by atoms with E-state index in [9.17, 15) is 39.9 Å². The number of carbonyl (C=O) groups excluding carboxylic acids is 3. The molecule has 3 aliphatic rings. The lowest BCUT2D eigenvalue weighted by atomic mass is 9.78. The molecule has 0 saturated carbocycles. The van der Waals surface area contributed by atoms with Gasteiger partial charge in [0.2, 0.25) is 0 Å². The third kappa shape index (κ3) is 10.1. The number of oxime groups is 1. The molecule has 15 nitrogen and oxygen atoms in total. The summed E-state index contributed by atoms with van der Waals surface area (Å²) in [4.78, 5) is 45.9. The molecule has 6 N–H and O–H groups in total. The summed E-state index contributed by atoms with van der Waals surface area (Å²) in [7, 11) is 1.43. The van der Waals surface area contributed by atoms with Crippen molar-refractivity contribution in [3.05, 3.63) is 52.8 Å². The van der Waals surface area contributed by atoms with Gasteiger partial charge in [0.15, 0.2) is 5.75 Å². The predicted octanol–water partition coefficient (Wildman–Crippen LogP) is 7.08. The number of esters is 1. The van der Waals surface area contributed by atoms with Gasteiger partial charge in [0.05, 0.1) is 53.0 Å². The van der Waals surface area contributed by atoms with E-state index in [1.165, 1.54) is 53.2 Å². The van der Waals surface area contributed by atoms with E-state index in [1.54, 1.807) is 39.8 Å². The fraction of sp³-hybridized carbons (Fsp3) is 0.556. The molecular formula is C45H62N2O13. The Morgan fingerprint density at radius 3 is 2.27 bits per heavy atom. The van der Waals surface area contributed by atoms with Crippen molar-refractivity contribution >= 4 is 40.3 Å². The second-order valence-corrected chi connectivity index (χ2v) is 16.1. The summed E-state index contributed by atoms with van der Waals surface area (Å²) in [5.41, 5.74) is -0.549. The molecule has 1 amide bonds. The SMILES string of the molecule is CCCCCCCO/N=C/c1c2c(O)c3c(O)c(C)c4c(c3c1O)C(=O)[C@@](C)(O/C=C/[C@H](OC)[C@@H](C)[C@@H](OC(C)=O)[C@H](C)[C@H](O)[C@H](C)[C@@H](O)[C@H](C)/C=C/C=C(/C)C(=O)N2)O4. The summed E-state index contributed by atoms with van der Waals surface area (Å²) in [5.74, 6) is -8.55. The molecule has 0 fully saturated rings. The molecule has 0 aliphatic carbocycles. The van der Waals surface area contributed by atoms with Gasteiger partial charge in [-0.3, -0.25) is 14.4 Å². The molecule has 15 heteroatoms. The van der Waals surface area contributed by atoms with E-state index >= 15 is 0 Å². The number of carbonyl (C=O) groups is 3. The van der Waals surface area contributed by atoms with Crippen LogP contribution in [0.15, 0.2) is 41.3 Å². The number of nitrogens with one attached hydrogen (secondary N) is 1. The highest BCUT2D eigenvalue weighted by atomic mass is 16.7. The third-order valence-electron chi connectivity index (χ3n) is 11.6. The number of ketones is 1. The van der Waals surface area contributed by atoms with Gasteiger partial charge in [0.1, 0.15) is 30.0 Å². The Morgan fingerprint density at radius 1 is 0.933 bits per heavy atom. The number of aromatic hydroxyl groups is 3. The van der Waals surface area contributed by atoms with Crippen LogP contribution in [-0.4, -0.2) is 93.3 Å². The van der Waals surface area contributed by atoms with Gasteiger partial charge in [0, 0.05) is 61.2 Å². The van der Waals surface area contributed by atoms with Gasteiger partial charge < -0.3 is 54.6 Å². The molecular weight excluding hydrogens is 776 g/mol. The van der Waals surface area contributed by atoms with Crippen molar-refractivity contribution in [2.45, 2.75) is 125 Å². The standard InChI is InChI=1S/C45H62N2O13/c1-11-12-13-14-15-20-58-46-22-30-35-40(53)33-32(39(30)52)34-42(28(7)38(33)51)60-45(9,43(34)54)57-21-19-31(56-10)25(4)41(59-29(8)48)27(6)37(50)26(5)36(49)23(2)17-16-18-24(3)44(55)47-35/h16-19,21-23,25-27,31,36-37,41,49-53H,11-15,20H2,1-10H3,(H,47,55)/b17-16+,21-19+,24-18-,46-22+/t23-,25-,26-,27-,31+,36+,37-,41-,45+/m1/s1. The summed E-state index contributed by atoms with van der Waals surface area (Å²) in [6, 6.07) is 0. The number of methoxy groups -OCH3 is 1. The minimum Gasteiger partial charge on any atom is -0.507 e. The van der Waals surface area contributed by atoms with E-state index in [0.717, 1.165) is 38.3 Å². The minimum atomic E-state index is -2.06. The number of anilines is 1. The summed E-state index contributed by atoms with van der Waals surface area (Å²) >= 11 is 0. The van der Waals surface area contributed by atoms with Crippen LogP contribution in [0, 0.1) is 30.6 Å². The van der Waals surface area contributed by atoms with Crippen LogP contribution in [0.5, 0.6) is 23.0 Å². The predicted molar refractivity (Wildman–Crippen MR) is 226 cm³/mol. The van der Waals surface area contributed by atoms with Crippen LogP contribution in [0.1, 0.15) is 109 Å². The lowest BCUT2D eigenvalue weighted by molar-refractivity contribution is -0.160. The number of nitrogens with zero attached hydrogens (tertiary/aromatic N) is 1. The average molecular weight is 839 g/mol. The molecule has 0 unspecified atom stereocenters. The molecule has 2 aromatic carbocycles. The first kappa shape index (κ1) is 47.6. The Bertz CT molecular complexity index is 2020. The van der Waals surface area contributed by atoms with E-state index in [-0.39, 0.29) is 51.1 Å². The number of phenolic OH excluding ortho intramolecular Hbond substituents is 3. The monoisotopic (exact) mass is 838 g/mol. The van der Waals surface area contributed by atoms with Gasteiger partial charge in [-0.15, -0.1) is 0 Å². The molecule has 330 valence electrons. The van der Waals surface area contributed by atoms with E-state index in [2.05, 4.69) is 17.4 Å². The first-order valence-corrected chi connectivity index (χ1v) is 20.6. The molecule has 5 bridgehead atoms. The normalized spacial score (nSPS) is 29.8. The molecule has 5 rings (SSSR count). The fourth-order valence-corrected chi connectivity index (χ4v) is 7.79. The first-order valence-electron chi connectivity index (χ1n) is 20.6.